The van der Waals surface area contributed by atoms with Crippen LogP contribution in [-0.2, 0) is 9.84 Å². The van der Waals surface area contributed by atoms with Crippen molar-refractivity contribution < 1.29 is 17.5 Å². The van der Waals surface area contributed by atoms with Gasteiger partial charge >= 0.3 is 0 Å². The van der Waals surface area contributed by atoms with Gasteiger partial charge in [-0.05, 0) is 31.2 Å². The van der Waals surface area contributed by atoms with Crippen LogP contribution in [-0.4, -0.2) is 52.1 Å². The van der Waals surface area contributed by atoms with E-state index in [1.807, 2.05) is 6.92 Å². The number of nitrogens with zero attached hydrogens (tertiary/aromatic N) is 1. The minimum Gasteiger partial charge on any atom is -0.489 e. The van der Waals surface area contributed by atoms with Crippen LogP contribution in [0.4, 0.5) is 4.39 Å². The fourth-order valence-corrected chi connectivity index (χ4v) is 2.42. The number of benzene rings is 1. The van der Waals surface area contributed by atoms with E-state index in [0.29, 0.717) is 24.8 Å². The first-order chi connectivity index (χ1) is 10.9. The molecule has 1 rings (SSSR count). The molecule has 0 bridgehead atoms. The summed E-state index contributed by atoms with van der Waals surface area (Å²) in [4.78, 5) is 4.02. The number of hydrogen-bond donors (Lipinski definition) is 2. The van der Waals surface area contributed by atoms with Gasteiger partial charge in [-0.25, -0.2) is 12.8 Å². The van der Waals surface area contributed by atoms with Crippen molar-refractivity contribution in [2.75, 3.05) is 31.6 Å². The van der Waals surface area contributed by atoms with Gasteiger partial charge in [-0.15, -0.1) is 24.0 Å². The molecule has 0 saturated carbocycles. The molecule has 0 saturated heterocycles. The lowest BCUT2D eigenvalue weighted by atomic mass is 10.3. The molecule has 0 aromatic heterocycles. The van der Waals surface area contributed by atoms with E-state index in [4.69, 9.17) is 4.74 Å². The Morgan fingerprint density at radius 3 is 2.46 bits per heavy atom. The van der Waals surface area contributed by atoms with Crippen molar-refractivity contribution in [1.29, 1.82) is 0 Å². The van der Waals surface area contributed by atoms with Gasteiger partial charge in [0, 0.05) is 19.3 Å². The molecule has 9 heteroatoms. The maximum atomic E-state index is 12.8. The van der Waals surface area contributed by atoms with Gasteiger partial charge in [-0.2, -0.15) is 0 Å². The number of guanidine groups is 1. The van der Waals surface area contributed by atoms with Crippen LogP contribution < -0.4 is 15.4 Å². The lowest BCUT2D eigenvalue weighted by Crippen LogP contribution is -2.43. The molecule has 0 amide bonds. The Labute approximate surface area is 160 Å². The highest BCUT2D eigenvalue weighted by molar-refractivity contribution is 14.0. The summed E-state index contributed by atoms with van der Waals surface area (Å²) in [5.41, 5.74) is 0. The molecule has 0 spiro atoms. The van der Waals surface area contributed by atoms with Crippen molar-refractivity contribution in [2.24, 2.45) is 4.99 Å². The second-order valence-electron chi connectivity index (χ2n) is 5.00. The van der Waals surface area contributed by atoms with E-state index >= 15 is 0 Å². The number of sulfone groups is 1. The van der Waals surface area contributed by atoms with Gasteiger partial charge in [0.15, 0.2) is 15.8 Å². The minimum absolute atomic E-state index is 0. The van der Waals surface area contributed by atoms with E-state index in [-0.39, 0.29) is 47.4 Å². The largest absolute Gasteiger partial charge is 0.489 e. The average molecular weight is 473 g/mol. The maximum absolute atomic E-state index is 12.8. The highest BCUT2D eigenvalue weighted by Gasteiger charge is 2.09. The lowest BCUT2D eigenvalue weighted by Gasteiger charge is -2.17. The average Bonchev–Trinajstić information content (AvgIpc) is 2.53. The van der Waals surface area contributed by atoms with E-state index in [0.717, 1.165) is 0 Å². The van der Waals surface area contributed by atoms with Gasteiger partial charge in [-0.1, -0.05) is 6.92 Å². The normalized spacial score (nSPS) is 12.9. The highest BCUT2D eigenvalue weighted by atomic mass is 127. The SMILES string of the molecule is CCS(=O)(=O)CCNC(=NC)NCC(C)Oc1ccc(F)cc1.I. The molecule has 24 heavy (non-hydrogen) atoms. The van der Waals surface area contributed by atoms with Gasteiger partial charge in [0.25, 0.3) is 0 Å². The maximum Gasteiger partial charge on any atom is 0.191 e. The Morgan fingerprint density at radius 2 is 1.92 bits per heavy atom. The van der Waals surface area contributed by atoms with E-state index in [1.54, 1.807) is 26.1 Å². The molecule has 0 radical (unpaired) electrons. The van der Waals surface area contributed by atoms with Gasteiger partial charge in [0.2, 0.25) is 0 Å². The molecule has 0 fully saturated rings. The van der Waals surface area contributed by atoms with Crippen molar-refractivity contribution >= 4 is 39.8 Å². The topological polar surface area (TPSA) is 79.8 Å². The van der Waals surface area contributed by atoms with Crippen LogP contribution in [0.3, 0.4) is 0 Å². The second-order valence-corrected chi connectivity index (χ2v) is 7.47. The van der Waals surface area contributed by atoms with Gasteiger partial charge < -0.3 is 15.4 Å². The Morgan fingerprint density at radius 1 is 1.29 bits per heavy atom. The number of aliphatic imine (C=N–C) groups is 1. The molecule has 0 heterocycles. The Hall–Kier alpha value is -1.10. The third-order valence-corrected chi connectivity index (χ3v) is 4.78. The summed E-state index contributed by atoms with van der Waals surface area (Å²) in [5.74, 6) is 0.966. The Kier molecular flexibility index (Phi) is 10.9. The third-order valence-electron chi connectivity index (χ3n) is 3.08. The summed E-state index contributed by atoms with van der Waals surface area (Å²) >= 11 is 0. The standard InChI is InChI=1S/C15H24FN3O3S.HI/c1-4-23(20,21)10-9-18-15(17-3)19-11-12(2)22-14-7-5-13(16)6-8-14;/h5-8,12H,4,9-11H2,1-3H3,(H2,17,18,19);1H. The molecule has 1 unspecified atom stereocenters. The van der Waals surface area contributed by atoms with Crippen LogP contribution in [0.1, 0.15) is 13.8 Å². The first-order valence-corrected chi connectivity index (χ1v) is 9.25. The van der Waals surface area contributed by atoms with Crippen LogP contribution in [0, 0.1) is 5.82 Å². The molecule has 1 aromatic carbocycles. The molecular weight excluding hydrogens is 448 g/mol. The first-order valence-electron chi connectivity index (χ1n) is 7.43. The zero-order valence-corrected chi connectivity index (χ0v) is 17.2. The molecule has 1 atom stereocenters. The summed E-state index contributed by atoms with van der Waals surface area (Å²) in [6.45, 7) is 4.25. The molecular formula is C15H25FIN3O3S. The van der Waals surface area contributed by atoms with Gasteiger partial charge in [0.05, 0.1) is 12.3 Å². The zero-order chi connectivity index (χ0) is 17.3. The van der Waals surface area contributed by atoms with E-state index in [9.17, 15) is 12.8 Å². The Balaban J connectivity index is 0.00000529. The summed E-state index contributed by atoms with van der Waals surface area (Å²) in [7, 11) is -1.39. The van der Waals surface area contributed by atoms with Crippen LogP contribution in [0.5, 0.6) is 5.75 Å². The number of hydrogen-bond acceptors (Lipinski definition) is 4. The summed E-state index contributed by atoms with van der Waals surface area (Å²) in [6.07, 6.45) is -0.168. The predicted molar refractivity (Wildman–Crippen MR) is 106 cm³/mol. The fourth-order valence-electron chi connectivity index (χ4n) is 1.72. The molecule has 6 nitrogen and oxygen atoms in total. The number of ether oxygens (including phenoxy) is 1. The quantitative estimate of drug-likeness (QED) is 0.342. The van der Waals surface area contributed by atoms with Crippen molar-refractivity contribution in [3.63, 3.8) is 0 Å². The first kappa shape index (κ1) is 22.9. The van der Waals surface area contributed by atoms with Crippen LogP contribution in [0.25, 0.3) is 0 Å². The fraction of sp³-hybridized carbons (Fsp3) is 0.533. The summed E-state index contributed by atoms with van der Waals surface area (Å²) in [6, 6.07) is 5.80. The molecule has 0 aliphatic heterocycles. The monoisotopic (exact) mass is 473 g/mol. The number of rotatable bonds is 8. The molecule has 138 valence electrons. The second kappa shape index (κ2) is 11.5. The predicted octanol–water partition coefficient (Wildman–Crippen LogP) is 1.81. The zero-order valence-electron chi connectivity index (χ0n) is 14.1. The smallest absolute Gasteiger partial charge is 0.191 e. The van der Waals surface area contributed by atoms with Crippen LogP contribution >= 0.6 is 24.0 Å². The van der Waals surface area contributed by atoms with E-state index in [1.165, 1.54) is 12.1 Å². The molecule has 2 N–H and O–H groups in total. The Bertz CT molecular complexity index is 609. The minimum atomic E-state index is -3.00. The van der Waals surface area contributed by atoms with Gasteiger partial charge in [-0.3, -0.25) is 4.99 Å². The van der Waals surface area contributed by atoms with Crippen LogP contribution in [0.15, 0.2) is 29.3 Å². The van der Waals surface area contributed by atoms with Gasteiger partial charge in [0.1, 0.15) is 17.7 Å². The summed E-state index contributed by atoms with van der Waals surface area (Å²) in [5, 5.41) is 5.99. The highest BCUT2D eigenvalue weighted by Crippen LogP contribution is 2.12. The lowest BCUT2D eigenvalue weighted by molar-refractivity contribution is 0.223. The van der Waals surface area contributed by atoms with Crippen LogP contribution in [0.2, 0.25) is 0 Å². The third kappa shape index (κ3) is 9.26. The van der Waals surface area contributed by atoms with E-state index in [2.05, 4.69) is 15.6 Å². The number of halogens is 2. The van der Waals surface area contributed by atoms with Crippen molar-refractivity contribution in [3.8, 4) is 5.75 Å². The summed E-state index contributed by atoms with van der Waals surface area (Å²) < 4.78 is 41.3. The number of nitrogens with one attached hydrogen (secondary N) is 2. The van der Waals surface area contributed by atoms with Crippen molar-refractivity contribution in [1.82, 2.24) is 10.6 Å². The molecule has 0 aliphatic rings. The molecule has 1 aromatic rings. The molecule has 0 aliphatic carbocycles. The van der Waals surface area contributed by atoms with E-state index < -0.39 is 9.84 Å². The van der Waals surface area contributed by atoms with Crippen molar-refractivity contribution in [2.45, 2.75) is 20.0 Å². The van der Waals surface area contributed by atoms with Crippen molar-refractivity contribution in [3.05, 3.63) is 30.1 Å².